The topological polar surface area (TPSA) is 58.2 Å². The second-order valence-corrected chi connectivity index (χ2v) is 48.4. The van der Waals surface area contributed by atoms with Gasteiger partial charge in [0.15, 0.2) is 0 Å². The van der Waals surface area contributed by atoms with E-state index in [1.807, 2.05) is 0 Å². The standard InChI is InChI=1S/C142H140N2O2/c1-135(2,3)113-67-51-97(52-68-113)93-35-43-101(44-36-93)121-83-109(91-31-27-25-28-32-91)84-122(102-45-37-94(38-46-102)98-53-69-114(70-54-98)136(4,5)6)129(121)111-87-125(105-59-75-117(76-60-105)139(13,14)15)131(126(88-111)106-61-77-118(78-62-106)140(16,17)18)143-133(145)134(146)144-132-127(107-63-79-119(80-64-107)141(19,20)21)89-112(90-128(132)108-65-81-120(82-66-108)142(22,23)24)130-123(103-47-39-95(40-48-103)99-55-71-115(72-56-99)137(7,8)9)85-110(92-33-29-26-30-34-92)86-124(130)104-49-41-96(42-50-104)100-57-73-116(74-58-100)138(10,11)12/h25-90H,1-24H3,(H,143,145)(H,144,146). The number of nitrogens with one attached hydrogen (secondary N) is 2. The maximum atomic E-state index is 16.9. The van der Waals surface area contributed by atoms with Gasteiger partial charge in [0.25, 0.3) is 0 Å². The number of hydrogen-bond acceptors (Lipinski definition) is 2. The van der Waals surface area contributed by atoms with Crippen molar-refractivity contribution in [3.63, 3.8) is 0 Å². The van der Waals surface area contributed by atoms with Gasteiger partial charge in [-0.15, -0.1) is 0 Å². The van der Waals surface area contributed by atoms with Gasteiger partial charge in [0.05, 0.1) is 11.4 Å². The maximum Gasteiger partial charge on any atom is 0.314 e. The first-order valence-corrected chi connectivity index (χ1v) is 52.0. The number of benzene rings is 18. The van der Waals surface area contributed by atoms with E-state index in [1.54, 1.807) is 0 Å². The molecule has 0 saturated heterocycles. The summed E-state index contributed by atoms with van der Waals surface area (Å²) in [4.78, 5) is 33.8. The van der Waals surface area contributed by atoms with Crippen LogP contribution in [0.4, 0.5) is 11.4 Å². The monoisotopic (exact) mass is 1910 g/mol. The summed E-state index contributed by atoms with van der Waals surface area (Å²) in [6.07, 6.45) is 0. The third-order valence-corrected chi connectivity index (χ3v) is 29.4. The van der Waals surface area contributed by atoms with E-state index >= 15 is 9.59 Å². The van der Waals surface area contributed by atoms with Crippen LogP contribution in [0.2, 0.25) is 0 Å². The minimum absolute atomic E-state index is 0.00296. The Morgan fingerprint density at radius 2 is 0.260 bits per heavy atom. The molecule has 0 spiro atoms. The molecule has 4 heteroatoms. The van der Waals surface area contributed by atoms with Crippen molar-refractivity contribution in [3.8, 4) is 178 Å². The summed E-state index contributed by atoms with van der Waals surface area (Å²) in [5, 5.41) is 7.04. The molecule has 18 rings (SSSR count). The molecule has 0 bridgehead atoms. The lowest BCUT2D eigenvalue weighted by Crippen LogP contribution is -2.30. The average molecular weight is 1910 g/mol. The number of anilines is 2. The highest BCUT2D eigenvalue weighted by Crippen LogP contribution is 2.54. The number of carbonyl (C=O) groups excluding carboxylic acids is 2. The molecule has 0 fully saturated rings. The third kappa shape index (κ3) is 22.1. The molecule has 0 aliphatic heterocycles. The molecule has 0 heterocycles. The Balaban J connectivity index is 0.866. The summed E-state index contributed by atoms with van der Waals surface area (Å²) in [6.45, 7) is 54.0. The van der Waals surface area contributed by atoms with Crippen LogP contribution < -0.4 is 10.6 Å². The van der Waals surface area contributed by atoms with Crippen LogP contribution in [0.1, 0.15) is 211 Å². The molecular weight excluding hydrogens is 1770 g/mol. The molecule has 18 aromatic carbocycles. The van der Waals surface area contributed by atoms with Crippen molar-refractivity contribution >= 4 is 23.2 Å². The van der Waals surface area contributed by atoms with Crippen molar-refractivity contribution in [2.45, 2.75) is 209 Å². The van der Waals surface area contributed by atoms with E-state index < -0.39 is 11.8 Å². The van der Waals surface area contributed by atoms with Crippen LogP contribution in [0.5, 0.6) is 0 Å². The lowest BCUT2D eigenvalue weighted by atomic mass is 9.81. The first-order chi connectivity index (χ1) is 69.2. The number of rotatable bonds is 18. The Labute approximate surface area is 869 Å². The van der Waals surface area contributed by atoms with Gasteiger partial charge in [0, 0.05) is 22.3 Å². The van der Waals surface area contributed by atoms with Crippen LogP contribution in [0.25, 0.3) is 178 Å². The fourth-order valence-corrected chi connectivity index (χ4v) is 20.1. The van der Waals surface area contributed by atoms with Crippen LogP contribution >= 0.6 is 0 Å². The second kappa shape index (κ2) is 39.8. The summed E-state index contributed by atoms with van der Waals surface area (Å²) < 4.78 is 0. The van der Waals surface area contributed by atoms with Crippen LogP contribution in [-0.4, -0.2) is 11.8 Å². The van der Waals surface area contributed by atoms with Gasteiger partial charge >= 0.3 is 11.8 Å². The van der Waals surface area contributed by atoms with Gasteiger partial charge in [-0.1, -0.05) is 518 Å². The van der Waals surface area contributed by atoms with E-state index in [0.717, 1.165) is 200 Å². The van der Waals surface area contributed by atoms with Crippen molar-refractivity contribution in [2.24, 2.45) is 0 Å². The molecule has 0 aliphatic rings. The first-order valence-electron chi connectivity index (χ1n) is 52.0. The van der Waals surface area contributed by atoms with Crippen LogP contribution in [-0.2, 0) is 52.9 Å². The Bertz CT molecular complexity index is 6910. The van der Waals surface area contributed by atoms with Crippen LogP contribution in [0, 0.1) is 0 Å². The molecule has 0 aliphatic carbocycles. The molecule has 18 aromatic rings. The smallest absolute Gasteiger partial charge is 0.314 e. The minimum Gasteiger partial charge on any atom is -0.317 e. The van der Waals surface area contributed by atoms with Crippen LogP contribution in [0.15, 0.2) is 400 Å². The fourth-order valence-electron chi connectivity index (χ4n) is 20.1. The van der Waals surface area contributed by atoms with Gasteiger partial charge in [-0.05, 0) is 292 Å². The predicted octanol–water partition coefficient (Wildman–Crippen LogP) is 39.3. The normalized spacial score (nSPS) is 12.3. The molecule has 0 unspecified atom stereocenters. The lowest BCUT2D eigenvalue weighted by molar-refractivity contribution is -0.132. The Kier molecular flexibility index (Phi) is 27.5. The summed E-state index contributed by atoms with van der Waals surface area (Å²) in [7, 11) is 0. The maximum absolute atomic E-state index is 16.9. The molecule has 146 heavy (non-hydrogen) atoms. The van der Waals surface area contributed by atoms with E-state index in [9.17, 15) is 0 Å². The van der Waals surface area contributed by atoms with Crippen LogP contribution in [0.3, 0.4) is 0 Å². The van der Waals surface area contributed by atoms with Gasteiger partial charge in [-0.25, -0.2) is 0 Å². The highest BCUT2D eigenvalue weighted by molar-refractivity contribution is 6.45. The SMILES string of the molecule is CC(C)(C)c1ccc(-c2ccc(-c3cc(-c4ccccc4)cc(-c4ccc(-c5ccc(C(C)(C)C)cc5)cc4)c3-c3cc(-c4ccc(C(C)(C)C)cc4)c(NC(=O)C(=O)Nc4c(-c5ccc(C(C)(C)C)cc5)cc(-c5c(-c6ccc(-c7ccc(C(C)(C)C)cc7)cc6)cc(-c6ccccc6)cc5-c5ccc(-c6ccc(C(C)(C)C)cc6)cc5)cc4-c4ccc(C(C)(C)C)cc4)c(-c4ccc(C(C)(C)C)cc4)c3)cc2)cc1. The van der Waals surface area contributed by atoms with Gasteiger partial charge in [0.2, 0.25) is 0 Å². The van der Waals surface area contributed by atoms with Gasteiger partial charge in [-0.2, -0.15) is 0 Å². The van der Waals surface area contributed by atoms with Crippen molar-refractivity contribution < 1.29 is 9.59 Å². The zero-order chi connectivity index (χ0) is 103. The van der Waals surface area contributed by atoms with E-state index in [0.29, 0.717) is 11.4 Å². The van der Waals surface area contributed by atoms with E-state index in [4.69, 9.17) is 0 Å². The van der Waals surface area contributed by atoms with Crippen molar-refractivity contribution in [1.82, 2.24) is 0 Å². The van der Waals surface area contributed by atoms with Gasteiger partial charge < -0.3 is 10.6 Å². The number of hydrogen-bond donors (Lipinski definition) is 2. The first kappa shape index (κ1) is 101. The molecule has 2 amide bonds. The highest BCUT2D eigenvalue weighted by atomic mass is 16.2. The summed E-state index contributed by atoms with van der Waals surface area (Å²) in [6, 6.07) is 148. The molecular formula is C142H140N2O2. The number of carbonyl (C=O) groups is 2. The second-order valence-electron chi connectivity index (χ2n) is 48.4. The van der Waals surface area contributed by atoms with Crippen molar-refractivity contribution in [1.29, 1.82) is 0 Å². The minimum atomic E-state index is -0.844. The molecule has 0 saturated carbocycles. The zero-order valence-corrected chi connectivity index (χ0v) is 89.9. The molecule has 2 N–H and O–H groups in total. The largest absolute Gasteiger partial charge is 0.317 e. The van der Waals surface area contributed by atoms with E-state index in [-0.39, 0.29) is 43.3 Å². The Morgan fingerprint density at radius 3 is 0.418 bits per heavy atom. The molecule has 0 atom stereocenters. The summed E-state index contributed by atoms with van der Waals surface area (Å²) >= 11 is 0. The summed E-state index contributed by atoms with van der Waals surface area (Å²) in [5.41, 5.74) is 41.5. The third-order valence-electron chi connectivity index (χ3n) is 29.4. The lowest BCUT2D eigenvalue weighted by Gasteiger charge is -2.25. The summed E-state index contributed by atoms with van der Waals surface area (Å²) in [5.74, 6) is -1.69. The molecule has 0 aromatic heterocycles. The zero-order valence-electron chi connectivity index (χ0n) is 89.9. The Hall–Kier alpha value is -15.1. The van der Waals surface area contributed by atoms with Gasteiger partial charge in [0.1, 0.15) is 0 Å². The van der Waals surface area contributed by atoms with E-state index in [1.165, 1.54) is 22.3 Å². The average Bonchev–Trinajstić information content (AvgIpc) is 0.743. The number of amides is 2. The van der Waals surface area contributed by atoms with E-state index in [2.05, 4.69) is 577 Å². The highest BCUT2D eigenvalue weighted by Gasteiger charge is 2.32. The van der Waals surface area contributed by atoms with Crippen molar-refractivity contribution in [3.05, 3.63) is 445 Å². The fraction of sp³-hybridized carbons (Fsp3) is 0.225. The molecule has 0 radical (unpaired) electrons. The predicted molar refractivity (Wildman–Crippen MR) is 627 cm³/mol. The van der Waals surface area contributed by atoms with Crippen molar-refractivity contribution in [2.75, 3.05) is 10.6 Å². The molecule has 730 valence electrons. The quantitative estimate of drug-likeness (QED) is 0.0841. The Morgan fingerprint density at radius 1 is 0.137 bits per heavy atom. The van der Waals surface area contributed by atoms with Gasteiger partial charge in [-0.3, -0.25) is 9.59 Å². The molecule has 4 nitrogen and oxygen atoms in total.